The summed E-state index contributed by atoms with van der Waals surface area (Å²) in [5.41, 5.74) is 9.45. The van der Waals surface area contributed by atoms with E-state index in [4.69, 9.17) is 5.73 Å². The van der Waals surface area contributed by atoms with Crippen LogP contribution in [0, 0.1) is 0 Å². The average molecular weight is 210 g/mol. The van der Waals surface area contributed by atoms with Gasteiger partial charge in [0.15, 0.2) is 0 Å². The van der Waals surface area contributed by atoms with Crippen LogP contribution in [-0.4, -0.2) is 4.98 Å². The highest BCUT2D eigenvalue weighted by Crippen LogP contribution is 2.55. The maximum atomic E-state index is 5.96. The Kier molecular flexibility index (Phi) is 2.13. The van der Waals surface area contributed by atoms with E-state index in [1.807, 2.05) is 12.3 Å². The van der Waals surface area contributed by atoms with Crippen LogP contribution in [0.15, 0.2) is 48.8 Å². The fourth-order valence-electron chi connectivity index (χ4n) is 2.33. The Morgan fingerprint density at radius 2 is 1.88 bits per heavy atom. The average Bonchev–Trinajstić information content (AvgIpc) is 3.11. The molecule has 1 aromatic carbocycles. The highest BCUT2D eigenvalue weighted by molar-refractivity contribution is 5.51. The number of nitrogen functional groups attached to an aromatic ring is 1. The molecule has 2 aromatic rings. The van der Waals surface area contributed by atoms with Gasteiger partial charge in [-0.3, -0.25) is 4.98 Å². The van der Waals surface area contributed by atoms with Crippen LogP contribution in [0.1, 0.15) is 29.4 Å². The van der Waals surface area contributed by atoms with E-state index in [1.54, 1.807) is 6.20 Å². The standard InChI is InChI=1S/C14H14N2/c15-14-6-7-16-9-13(14)12-8-11(12)10-4-2-1-3-5-10/h1-7,9,11-12H,8H2,(H2,15,16). The Hall–Kier alpha value is -1.83. The van der Waals surface area contributed by atoms with Crippen LogP contribution >= 0.6 is 0 Å². The first kappa shape index (κ1) is 9.40. The van der Waals surface area contributed by atoms with Crippen molar-refractivity contribution in [2.45, 2.75) is 18.3 Å². The molecule has 3 rings (SSSR count). The van der Waals surface area contributed by atoms with Crippen LogP contribution in [0.25, 0.3) is 0 Å². The molecule has 0 amide bonds. The molecule has 2 atom stereocenters. The summed E-state index contributed by atoms with van der Waals surface area (Å²) in [6.45, 7) is 0. The lowest BCUT2D eigenvalue weighted by Gasteiger charge is -2.03. The highest BCUT2D eigenvalue weighted by atomic mass is 14.7. The Morgan fingerprint density at radius 3 is 2.62 bits per heavy atom. The summed E-state index contributed by atoms with van der Waals surface area (Å²) in [7, 11) is 0. The lowest BCUT2D eigenvalue weighted by molar-refractivity contribution is 1.02. The van der Waals surface area contributed by atoms with Gasteiger partial charge >= 0.3 is 0 Å². The first-order valence-electron chi connectivity index (χ1n) is 5.60. The number of hydrogen-bond donors (Lipinski definition) is 1. The molecule has 0 bridgehead atoms. The van der Waals surface area contributed by atoms with Crippen molar-refractivity contribution >= 4 is 5.69 Å². The third-order valence-electron chi connectivity index (χ3n) is 3.30. The van der Waals surface area contributed by atoms with Crippen LogP contribution in [0.2, 0.25) is 0 Å². The Balaban J connectivity index is 1.85. The van der Waals surface area contributed by atoms with Crippen molar-refractivity contribution < 1.29 is 0 Å². The van der Waals surface area contributed by atoms with Gasteiger partial charge in [0.1, 0.15) is 0 Å². The molecular formula is C14H14N2. The Bertz CT molecular complexity index is 493. The van der Waals surface area contributed by atoms with Gasteiger partial charge in [0.2, 0.25) is 0 Å². The molecule has 1 aromatic heterocycles. The van der Waals surface area contributed by atoms with Crippen LogP contribution in [0.5, 0.6) is 0 Å². The molecule has 80 valence electrons. The zero-order valence-corrected chi connectivity index (χ0v) is 9.01. The third kappa shape index (κ3) is 1.56. The predicted octanol–water partition coefficient (Wildman–Crippen LogP) is 2.93. The number of nitrogens with two attached hydrogens (primary N) is 1. The quantitative estimate of drug-likeness (QED) is 0.827. The number of hydrogen-bond acceptors (Lipinski definition) is 2. The SMILES string of the molecule is Nc1ccncc1C1CC1c1ccccc1. The number of anilines is 1. The second-order valence-electron chi connectivity index (χ2n) is 4.36. The van der Waals surface area contributed by atoms with Crippen molar-refractivity contribution in [3.63, 3.8) is 0 Å². The van der Waals surface area contributed by atoms with Crippen molar-refractivity contribution in [1.82, 2.24) is 4.98 Å². The summed E-state index contributed by atoms with van der Waals surface area (Å²) >= 11 is 0. The van der Waals surface area contributed by atoms with Gasteiger partial charge in [-0.25, -0.2) is 0 Å². The molecule has 1 aliphatic rings. The minimum atomic E-state index is 0.566. The molecule has 0 saturated heterocycles. The van der Waals surface area contributed by atoms with E-state index in [2.05, 4.69) is 35.3 Å². The summed E-state index contributed by atoms with van der Waals surface area (Å²) in [5, 5.41) is 0. The summed E-state index contributed by atoms with van der Waals surface area (Å²) in [6, 6.07) is 12.5. The molecule has 1 heterocycles. The van der Waals surface area contributed by atoms with Crippen molar-refractivity contribution in [1.29, 1.82) is 0 Å². The summed E-state index contributed by atoms with van der Waals surface area (Å²) in [6.07, 6.45) is 4.85. The molecule has 2 N–H and O–H groups in total. The number of benzene rings is 1. The summed E-state index contributed by atoms with van der Waals surface area (Å²) in [5.74, 6) is 1.20. The van der Waals surface area contributed by atoms with Gasteiger partial charge < -0.3 is 5.73 Å². The summed E-state index contributed by atoms with van der Waals surface area (Å²) in [4.78, 5) is 4.15. The molecule has 0 spiro atoms. The van der Waals surface area contributed by atoms with Gasteiger partial charge in [0.05, 0.1) is 0 Å². The van der Waals surface area contributed by atoms with Crippen LogP contribution < -0.4 is 5.73 Å². The molecule has 0 aliphatic heterocycles. The Morgan fingerprint density at radius 1 is 1.06 bits per heavy atom. The molecule has 16 heavy (non-hydrogen) atoms. The van der Waals surface area contributed by atoms with Gasteiger partial charge in [0, 0.05) is 18.1 Å². The highest BCUT2D eigenvalue weighted by Gasteiger charge is 2.40. The fraction of sp³-hybridized carbons (Fsp3) is 0.214. The van der Waals surface area contributed by atoms with Crippen LogP contribution in [0.4, 0.5) is 5.69 Å². The Labute approximate surface area is 95.1 Å². The molecule has 1 aliphatic carbocycles. The zero-order valence-electron chi connectivity index (χ0n) is 9.01. The smallest absolute Gasteiger partial charge is 0.0380 e. The van der Waals surface area contributed by atoms with Crippen LogP contribution in [-0.2, 0) is 0 Å². The second kappa shape index (κ2) is 3.63. The molecular weight excluding hydrogens is 196 g/mol. The van der Waals surface area contributed by atoms with E-state index in [0.29, 0.717) is 11.8 Å². The topological polar surface area (TPSA) is 38.9 Å². The van der Waals surface area contributed by atoms with E-state index < -0.39 is 0 Å². The maximum Gasteiger partial charge on any atom is 0.0380 e. The van der Waals surface area contributed by atoms with E-state index in [0.717, 1.165) is 5.69 Å². The van der Waals surface area contributed by atoms with E-state index in [1.165, 1.54) is 17.5 Å². The molecule has 2 nitrogen and oxygen atoms in total. The minimum Gasteiger partial charge on any atom is -0.398 e. The normalized spacial score (nSPS) is 23.0. The zero-order chi connectivity index (χ0) is 11.0. The first-order chi connectivity index (χ1) is 7.86. The molecule has 2 heteroatoms. The van der Waals surface area contributed by atoms with Gasteiger partial charge in [-0.1, -0.05) is 30.3 Å². The first-order valence-corrected chi connectivity index (χ1v) is 5.60. The van der Waals surface area contributed by atoms with Gasteiger partial charge in [-0.2, -0.15) is 0 Å². The second-order valence-corrected chi connectivity index (χ2v) is 4.36. The van der Waals surface area contributed by atoms with Crippen molar-refractivity contribution in [2.75, 3.05) is 5.73 Å². The van der Waals surface area contributed by atoms with Crippen molar-refractivity contribution in [3.8, 4) is 0 Å². The predicted molar refractivity (Wildman–Crippen MR) is 65.2 cm³/mol. The third-order valence-corrected chi connectivity index (χ3v) is 3.30. The lowest BCUT2D eigenvalue weighted by atomic mass is 10.1. The minimum absolute atomic E-state index is 0.566. The number of aromatic nitrogens is 1. The number of pyridine rings is 1. The monoisotopic (exact) mass is 210 g/mol. The molecule has 0 radical (unpaired) electrons. The van der Waals surface area contributed by atoms with Gasteiger partial charge in [-0.15, -0.1) is 0 Å². The maximum absolute atomic E-state index is 5.96. The van der Waals surface area contributed by atoms with Crippen molar-refractivity contribution in [2.24, 2.45) is 0 Å². The van der Waals surface area contributed by atoms with Crippen LogP contribution in [0.3, 0.4) is 0 Å². The molecule has 2 unspecified atom stereocenters. The molecule has 1 saturated carbocycles. The largest absolute Gasteiger partial charge is 0.398 e. The lowest BCUT2D eigenvalue weighted by Crippen LogP contribution is -1.94. The van der Waals surface area contributed by atoms with E-state index in [9.17, 15) is 0 Å². The number of nitrogens with zero attached hydrogens (tertiary/aromatic N) is 1. The molecule has 1 fully saturated rings. The van der Waals surface area contributed by atoms with Gasteiger partial charge in [-0.05, 0) is 35.4 Å². The van der Waals surface area contributed by atoms with Crippen molar-refractivity contribution in [3.05, 3.63) is 59.9 Å². The van der Waals surface area contributed by atoms with E-state index in [-0.39, 0.29) is 0 Å². The summed E-state index contributed by atoms with van der Waals surface area (Å²) < 4.78 is 0. The fourth-order valence-corrected chi connectivity index (χ4v) is 2.33. The number of rotatable bonds is 2. The van der Waals surface area contributed by atoms with E-state index >= 15 is 0 Å². The van der Waals surface area contributed by atoms with Gasteiger partial charge in [0.25, 0.3) is 0 Å².